The number of carbonyl (C=O) groups is 1. The third kappa shape index (κ3) is 1.47. The first kappa shape index (κ1) is 7.95. The molecule has 0 N–H and O–H groups in total. The molecule has 1 nitrogen and oxygen atoms in total. The Morgan fingerprint density at radius 1 is 1.80 bits per heavy atom. The number of aldehydes is 1. The van der Waals surface area contributed by atoms with Crippen molar-refractivity contribution < 1.29 is 4.79 Å². The third-order valence-electron chi connectivity index (χ3n) is 1.21. The van der Waals surface area contributed by atoms with Gasteiger partial charge in [-0.1, -0.05) is 6.92 Å². The first-order chi connectivity index (χ1) is 4.77. The molecule has 0 unspecified atom stereocenters. The molecule has 0 saturated carbocycles. The second-order valence-corrected chi connectivity index (χ2v) is 3.91. The van der Waals surface area contributed by atoms with Gasteiger partial charge in [-0.2, -0.15) is 0 Å². The lowest BCUT2D eigenvalue weighted by Gasteiger charge is -1.85. The molecule has 0 aromatic carbocycles. The van der Waals surface area contributed by atoms with E-state index in [9.17, 15) is 4.79 Å². The minimum atomic E-state index is 0.795. The number of rotatable bonds is 2. The predicted molar refractivity (Wildman–Crippen MR) is 46.8 cm³/mol. The smallest absolute Gasteiger partial charge is 0.160 e. The van der Waals surface area contributed by atoms with Gasteiger partial charge in [0, 0.05) is 9.35 Å². The van der Waals surface area contributed by atoms with Gasteiger partial charge in [-0.05, 0) is 28.4 Å². The minimum absolute atomic E-state index is 0.795. The van der Waals surface area contributed by atoms with Crippen LogP contribution in [-0.4, -0.2) is 6.29 Å². The number of halogens is 1. The summed E-state index contributed by atoms with van der Waals surface area (Å²) in [7, 11) is 0. The first-order valence-corrected chi connectivity index (χ1v) is 4.62. The molecule has 3 heteroatoms. The van der Waals surface area contributed by atoms with Gasteiger partial charge in [-0.3, -0.25) is 4.79 Å². The average molecular weight is 219 g/mol. The van der Waals surface area contributed by atoms with Gasteiger partial charge in [-0.25, -0.2) is 0 Å². The van der Waals surface area contributed by atoms with Crippen molar-refractivity contribution in [2.24, 2.45) is 0 Å². The Morgan fingerprint density at radius 2 is 2.50 bits per heavy atom. The van der Waals surface area contributed by atoms with Crippen LogP contribution in [0.2, 0.25) is 0 Å². The molecule has 0 saturated heterocycles. The Balaban J connectivity index is 3.03. The van der Waals surface area contributed by atoms with E-state index < -0.39 is 0 Å². The predicted octanol–water partition coefficient (Wildman–Crippen LogP) is 2.89. The molecule has 0 fully saturated rings. The van der Waals surface area contributed by atoms with Crippen molar-refractivity contribution in [2.75, 3.05) is 0 Å². The maximum Gasteiger partial charge on any atom is 0.160 e. The summed E-state index contributed by atoms with van der Waals surface area (Å²) in [6.07, 6.45) is 1.87. The molecule has 0 bridgehead atoms. The molecule has 54 valence electrons. The Labute approximate surface area is 72.2 Å². The van der Waals surface area contributed by atoms with Crippen LogP contribution in [0.5, 0.6) is 0 Å². The van der Waals surface area contributed by atoms with Crippen LogP contribution in [0, 0.1) is 0 Å². The van der Waals surface area contributed by atoms with Crippen molar-refractivity contribution in [1.82, 2.24) is 0 Å². The first-order valence-electron chi connectivity index (χ1n) is 3.01. The minimum Gasteiger partial charge on any atom is -0.297 e. The zero-order chi connectivity index (χ0) is 7.56. The van der Waals surface area contributed by atoms with Gasteiger partial charge in [-0.15, -0.1) is 11.3 Å². The van der Waals surface area contributed by atoms with Crippen molar-refractivity contribution in [3.63, 3.8) is 0 Å². The van der Waals surface area contributed by atoms with Gasteiger partial charge in [0.1, 0.15) is 0 Å². The molecule has 0 amide bonds. The fourth-order valence-electron chi connectivity index (χ4n) is 0.725. The monoisotopic (exact) mass is 218 g/mol. The molecule has 0 atom stereocenters. The van der Waals surface area contributed by atoms with Gasteiger partial charge in [0.15, 0.2) is 6.29 Å². The third-order valence-corrected chi connectivity index (χ3v) is 3.39. The summed E-state index contributed by atoms with van der Waals surface area (Å²) in [5.74, 6) is 0. The molecule has 1 heterocycles. The lowest BCUT2D eigenvalue weighted by molar-refractivity contribution is 0.112. The van der Waals surface area contributed by atoms with E-state index in [1.165, 1.54) is 4.88 Å². The molecule has 10 heavy (non-hydrogen) atoms. The maximum atomic E-state index is 10.3. The quantitative estimate of drug-likeness (QED) is 0.699. The molecular formula is C7H7BrOS. The maximum absolute atomic E-state index is 10.3. The molecule has 0 radical (unpaired) electrons. The Bertz CT molecular complexity index is 242. The molecule has 0 aliphatic heterocycles. The van der Waals surface area contributed by atoms with E-state index in [-0.39, 0.29) is 0 Å². The standard InChI is InChI=1S/C7H7BrOS/c1-2-7-6(8)3-5(4-9)10-7/h3-4H,2H2,1H3. The van der Waals surface area contributed by atoms with Gasteiger partial charge < -0.3 is 0 Å². The summed E-state index contributed by atoms with van der Waals surface area (Å²) in [5, 5.41) is 0. The van der Waals surface area contributed by atoms with E-state index in [4.69, 9.17) is 0 Å². The van der Waals surface area contributed by atoms with Crippen LogP contribution in [0.3, 0.4) is 0 Å². The van der Waals surface area contributed by atoms with Crippen molar-refractivity contribution in [2.45, 2.75) is 13.3 Å². The Kier molecular flexibility index (Phi) is 2.63. The summed E-state index contributed by atoms with van der Waals surface area (Å²) < 4.78 is 1.06. The SMILES string of the molecule is CCc1sc(C=O)cc1Br. The van der Waals surface area contributed by atoms with E-state index >= 15 is 0 Å². The molecule has 0 spiro atoms. The topological polar surface area (TPSA) is 17.1 Å². The zero-order valence-electron chi connectivity index (χ0n) is 5.56. The van der Waals surface area contributed by atoms with Gasteiger partial charge in [0.2, 0.25) is 0 Å². The van der Waals surface area contributed by atoms with Crippen molar-refractivity contribution >= 4 is 33.6 Å². The Morgan fingerprint density at radius 3 is 2.80 bits per heavy atom. The van der Waals surface area contributed by atoms with Crippen LogP contribution in [-0.2, 0) is 6.42 Å². The van der Waals surface area contributed by atoms with E-state index in [2.05, 4.69) is 22.9 Å². The van der Waals surface area contributed by atoms with Crippen LogP contribution >= 0.6 is 27.3 Å². The molecule has 0 aliphatic carbocycles. The summed E-state index contributed by atoms with van der Waals surface area (Å²) in [6.45, 7) is 2.07. The largest absolute Gasteiger partial charge is 0.297 e. The second-order valence-electron chi connectivity index (χ2n) is 1.89. The molecule has 1 aromatic rings. The van der Waals surface area contributed by atoms with Crippen LogP contribution in [0.25, 0.3) is 0 Å². The number of carbonyl (C=O) groups excluding carboxylic acids is 1. The second kappa shape index (κ2) is 3.30. The summed E-state index contributed by atoms with van der Waals surface area (Å²) in [6, 6.07) is 1.86. The lowest BCUT2D eigenvalue weighted by Crippen LogP contribution is -1.68. The summed E-state index contributed by atoms with van der Waals surface area (Å²) in [4.78, 5) is 12.3. The van der Waals surface area contributed by atoms with E-state index in [1.54, 1.807) is 11.3 Å². The van der Waals surface area contributed by atoms with Gasteiger partial charge in [0.05, 0.1) is 4.88 Å². The van der Waals surface area contributed by atoms with E-state index in [0.717, 1.165) is 22.1 Å². The number of hydrogen-bond donors (Lipinski definition) is 0. The zero-order valence-corrected chi connectivity index (χ0v) is 7.96. The van der Waals surface area contributed by atoms with Crippen molar-refractivity contribution in [3.05, 3.63) is 20.3 Å². The van der Waals surface area contributed by atoms with Crippen molar-refractivity contribution in [1.29, 1.82) is 0 Å². The van der Waals surface area contributed by atoms with Gasteiger partial charge in [0.25, 0.3) is 0 Å². The fourth-order valence-corrected chi connectivity index (χ4v) is 2.46. The number of aryl methyl sites for hydroxylation is 1. The van der Waals surface area contributed by atoms with Crippen LogP contribution < -0.4 is 0 Å². The molecular weight excluding hydrogens is 212 g/mol. The highest BCUT2D eigenvalue weighted by atomic mass is 79.9. The molecule has 1 aromatic heterocycles. The van der Waals surface area contributed by atoms with Crippen LogP contribution in [0.15, 0.2) is 10.5 Å². The van der Waals surface area contributed by atoms with Crippen molar-refractivity contribution in [3.8, 4) is 0 Å². The molecule has 0 aliphatic rings. The highest BCUT2D eigenvalue weighted by Crippen LogP contribution is 2.26. The Hall–Kier alpha value is -0.150. The lowest BCUT2D eigenvalue weighted by atomic mass is 10.4. The highest BCUT2D eigenvalue weighted by molar-refractivity contribution is 9.10. The number of hydrogen-bond acceptors (Lipinski definition) is 2. The number of thiophene rings is 1. The van der Waals surface area contributed by atoms with Gasteiger partial charge >= 0.3 is 0 Å². The fraction of sp³-hybridized carbons (Fsp3) is 0.286. The van der Waals surface area contributed by atoms with E-state index in [0.29, 0.717) is 0 Å². The highest BCUT2D eigenvalue weighted by Gasteiger charge is 2.02. The van der Waals surface area contributed by atoms with E-state index in [1.807, 2.05) is 6.07 Å². The average Bonchev–Trinajstić information content (AvgIpc) is 2.30. The normalized spacial score (nSPS) is 9.80. The summed E-state index contributed by atoms with van der Waals surface area (Å²) >= 11 is 4.91. The van der Waals surface area contributed by atoms with Crippen LogP contribution in [0.1, 0.15) is 21.5 Å². The molecule has 1 rings (SSSR count). The summed E-state index contributed by atoms with van der Waals surface area (Å²) in [5.41, 5.74) is 0. The van der Waals surface area contributed by atoms with Crippen LogP contribution in [0.4, 0.5) is 0 Å².